The van der Waals surface area contributed by atoms with Crippen LogP contribution in [0.2, 0.25) is 0 Å². The van der Waals surface area contributed by atoms with E-state index in [1.807, 2.05) is 18.2 Å². The third-order valence-corrected chi connectivity index (χ3v) is 6.35. The lowest BCUT2D eigenvalue weighted by Gasteiger charge is -2.31. The second-order valence-electron chi connectivity index (χ2n) is 8.05. The van der Waals surface area contributed by atoms with Crippen LogP contribution in [-0.4, -0.2) is 45.5 Å². The van der Waals surface area contributed by atoms with Crippen molar-refractivity contribution < 1.29 is 10.2 Å². The molecule has 0 radical (unpaired) electrons. The number of benzene rings is 1. The van der Waals surface area contributed by atoms with Crippen LogP contribution in [0.5, 0.6) is 0 Å². The van der Waals surface area contributed by atoms with E-state index in [9.17, 15) is 10.2 Å². The van der Waals surface area contributed by atoms with Gasteiger partial charge < -0.3 is 15.1 Å². The van der Waals surface area contributed by atoms with Crippen LogP contribution < -0.4 is 4.90 Å². The van der Waals surface area contributed by atoms with E-state index in [-0.39, 0.29) is 0 Å². The van der Waals surface area contributed by atoms with Crippen LogP contribution >= 0.6 is 0 Å². The molecule has 0 spiro atoms. The molecular weight excluding hydrogens is 326 g/mol. The molecule has 3 aliphatic rings. The molecule has 0 unspecified atom stereocenters. The summed E-state index contributed by atoms with van der Waals surface area (Å²) < 4.78 is 0. The van der Waals surface area contributed by atoms with Crippen molar-refractivity contribution in [2.45, 2.75) is 44.3 Å². The molecule has 2 fully saturated rings. The van der Waals surface area contributed by atoms with Gasteiger partial charge in [0.25, 0.3) is 0 Å². The molecule has 1 aromatic heterocycles. The van der Waals surface area contributed by atoms with Crippen LogP contribution in [-0.2, 0) is 12.8 Å². The van der Waals surface area contributed by atoms with Gasteiger partial charge in [-0.2, -0.15) is 0 Å². The molecule has 26 heavy (non-hydrogen) atoms. The molecule has 5 rings (SSSR count). The van der Waals surface area contributed by atoms with E-state index in [1.54, 1.807) is 0 Å². The number of hydrogen-bond acceptors (Lipinski definition) is 5. The van der Waals surface area contributed by atoms with Crippen LogP contribution in [0.25, 0.3) is 11.4 Å². The van der Waals surface area contributed by atoms with Crippen LogP contribution in [0.1, 0.15) is 30.5 Å². The molecule has 2 aromatic rings. The first-order valence-corrected chi connectivity index (χ1v) is 9.75. The first kappa shape index (κ1) is 16.2. The normalized spacial score (nSPS) is 30.3. The number of aryl methyl sites for hydroxylation is 1. The number of fused-ring (bicyclic) bond motifs is 2. The van der Waals surface area contributed by atoms with Crippen LogP contribution in [0.15, 0.2) is 30.3 Å². The summed E-state index contributed by atoms with van der Waals surface area (Å²) in [6.45, 7) is 1.85. The van der Waals surface area contributed by atoms with E-state index in [0.717, 1.165) is 49.6 Å². The molecule has 1 aromatic carbocycles. The first-order chi connectivity index (χ1) is 12.7. The van der Waals surface area contributed by atoms with Gasteiger partial charge in [-0.3, -0.25) is 0 Å². The fourth-order valence-electron chi connectivity index (χ4n) is 4.97. The summed E-state index contributed by atoms with van der Waals surface area (Å²) in [4.78, 5) is 12.2. The Labute approximate surface area is 153 Å². The Morgan fingerprint density at radius 2 is 1.58 bits per heavy atom. The maximum atomic E-state index is 10.0. The zero-order chi connectivity index (χ0) is 17.7. The van der Waals surface area contributed by atoms with Gasteiger partial charge in [-0.05, 0) is 43.9 Å². The van der Waals surface area contributed by atoms with E-state index in [4.69, 9.17) is 9.97 Å². The second kappa shape index (κ2) is 6.32. The third-order valence-electron chi connectivity index (χ3n) is 6.35. The number of aliphatic hydroxyl groups excluding tert-OH is 2. The fraction of sp³-hybridized carbons (Fsp3) is 0.524. The zero-order valence-electron chi connectivity index (χ0n) is 14.9. The molecule has 1 saturated carbocycles. The summed E-state index contributed by atoms with van der Waals surface area (Å²) in [5.41, 5.74) is 3.57. The van der Waals surface area contributed by atoms with Gasteiger partial charge in [0, 0.05) is 29.9 Å². The fourth-order valence-corrected chi connectivity index (χ4v) is 4.97. The number of nitrogens with zero attached hydrogens (tertiary/aromatic N) is 3. The monoisotopic (exact) mass is 351 g/mol. The van der Waals surface area contributed by atoms with Gasteiger partial charge in [-0.25, -0.2) is 9.97 Å². The smallest absolute Gasteiger partial charge is 0.161 e. The van der Waals surface area contributed by atoms with Crippen molar-refractivity contribution >= 4 is 5.82 Å². The Balaban J connectivity index is 1.50. The summed E-state index contributed by atoms with van der Waals surface area (Å²) in [7, 11) is 0. The van der Waals surface area contributed by atoms with Gasteiger partial charge in [0.05, 0.1) is 12.2 Å². The molecule has 0 amide bonds. The molecule has 5 heteroatoms. The predicted octanol–water partition coefficient (Wildman–Crippen LogP) is 2.20. The van der Waals surface area contributed by atoms with Gasteiger partial charge in [-0.1, -0.05) is 30.3 Å². The van der Waals surface area contributed by atoms with Crippen molar-refractivity contribution in [3.8, 4) is 11.4 Å². The molecule has 2 heterocycles. The van der Waals surface area contributed by atoms with Crippen molar-refractivity contribution in [2.24, 2.45) is 11.8 Å². The Kier molecular flexibility index (Phi) is 3.94. The molecule has 5 nitrogen and oxygen atoms in total. The molecule has 2 aliphatic carbocycles. The molecular formula is C21H25N3O2. The Hall–Kier alpha value is -1.98. The van der Waals surface area contributed by atoms with Gasteiger partial charge in [0.1, 0.15) is 5.82 Å². The minimum absolute atomic E-state index is 0.445. The SMILES string of the molecule is O[C@@H]1C[C@H]2CN(c3nc(-c4ccccc4)nc4c3CCC4)C[C@H]2C[C@@H]1O. The topological polar surface area (TPSA) is 69.5 Å². The van der Waals surface area contributed by atoms with Gasteiger partial charge in [0.2, 0.25) is 0 Å². The summed E-state index contributed by atoms with van der Waals surface area (Å²) in [5.74, 6) is 2.79. The third kappa shape index (κ3) is 2.70. The van der Waals surface area contributed by atoms with Gasteiger partial charge in [0.15, 0.2) is 5.82 Å². The molecule has 4 atom stereocenters. The number of hydrogen-bond donors (Lipinski definition) is 2. The quantitative estimate of drug-likeness (QED) is 0.868. The summed E-state index contributed by atoms with van der Waals surface area (Å²) in [6, 6.07) is 10.2. The van der Waals surface area contributed by atoms with Gasteiger partial charge in [-0.15, -0.1) is 0 Å². The number of aliphatic hydroxyl groups is 2. The molecule has 1 saturated heterocycles. The van der Waals surface area contributed by atoms with Crippen LogP contribution in [0.4, 0.5) is 5.82 Å². The number of aromatic nitrogens is 2. The van der Waals surface area contributed by atoms with Crippen molar-refractivity contribution in [1.82, 2.24) is 9.97 Å². The highest BCUT2D eigenvalue weighted by Crippen LogP contribution is 2.40. The zero-order valence-corrected chi connectivity index (χ0v) is 14.9. The average molecular weight is 351 g/mol. The lowest BCUT2D eigenvalue weighted by molar-refractivity contribution is -0.0372. The van der Waals surface area contributed by atoms with E-state index in [1.165, 1.54) is 11.3 Å². The Bertz CT molecular complexity index is 792. The first-order valence-electron chi connectivity index (χ1n) is 9.75. The van der Waals surface area contributed by atoms with Crippen molar-refractivity contribution in [3.63, 3.8) is 0 Å². The van der Waals surface area contributed by atoms with E-state index < -0.39 is 12.2 Å². The number of rotatable bonds is 2. The summed E-state index contributed by atoms with van der Waals surface area (Å²) in [5, 5.41) is 20.1. The Morgan fingerprint density at radius 3 is 2.27 bits per heavy atom. The van der Waals surface area contributed by atoms with Crippen molar-refractivity contribution in [3.05, 3.63) is 41.6 Å². The van der Waals surface area contributed by atoms with Crippen LogP contribution in [0, 0.1) is 11.8 Å². The van der Waals surface area contributed by atoms with E-state index in [2.05, 4.69) is 17.0 Å². The maximum absolute atomic E-state index is 10.0. The molecule has 2 N–H and O–H groups in total. The standard InChI is InChI=1S/C21H25N3O2/c25-18-9-14-11-24(12-15(14)10-19(18)26)21-16-7-4-8-17(16)22-20(23-21)13-5-2-1-3-6-13/h1-3,5-6,14-15,18-19,25-26H,4,7-12H2/t14-,15+,18+,19-. The predicted molar refractivity (Wildman–Crippen MR) is 99.9 cm³/mol. The minimum Gasteiger partial charge on any atom is -0.390 e. The Morgan fingerprint density at radius 1 is 0.885 bits per heavy atom. The van der Waals surface area contributed by atoms with E-state index in [0.29, 0.717) is 24.7 Å². The maximum Gasteiger partial charge on any atom is 0.161 e. The summed E-state index contributed by atoms with van der Waals surface area (Å²) in [6.07, 6.45) is 3.47. The molecule has 0 bridgehead atoms. The van der Waals surface area contributed by atoms with Gasteiger partial charge >= 0.3 is 0 Å². The van der Waals surface area contributed by atoms with Crippen molar-refractivity contribution in [1.29, 1.82) is 0 Å². The second-order valence-corrected chi connectivity index (χ2v) is 8.05. The largest absolute Gasteiger partial charge is 0.390 e. The highest BCUT2D eigenvalue weighted by Gasteiger charge is 2.42. The lowest BCUT2D eigenvalue weighted by atomic mass is 9.79. The number of anilines is 1. The highest BCUT2D eigenvalue weighted by atomic mass is 16.3. The minimum atomic E-state index is -0.577. The van der Waals surface area contributed by atoms with Crippen molar-refractivity contribution in [2.75, 3.05) is 18.0 Å². The van der Waals surface area contributed by atoms with E-state index >= 15 is 0 Å². The molecule has 136 valence electrons. The van der Waals surface area contributed by atoms with Crippen LogP contribution in [0.3, 0.4) is 0 Å². The lowest BCUT2D eigenvalue weighted by Crippen LogP contribution is -2.38. The summed E-state index contributed by atoms with van der Waals surface area (Å²) >= 11 is 0. The molecule has 1 aliphatic heterocycles. The average Bonchev–Trinajstić information content (AvgIpc) is 3.28. The highest BCUT2D eigenvalue weighted by molar-refractivity contribution is 5.61.